The van der Waals surface area contributed by atoms with Crippen molar-refractivity contribution in [1.82, 2.24) is 5.32 Å². The Hall–Kier alpha value is 2.85. The fraction of sp³-hybridized carbons (Fsp3) is 0.600. The molecule has 7 heteroatoms. The van der Waals surface area contributed by atoms with E-state index in [-0.39, 0.29) is 107 Å². The van der Waals surface area contributed by atoms with Gasteiger partial charge in [-0.3, -0.25) is 0 Å². The summed E-state index contributed by atoms with van der Waals surface area (Å²) in [5.74, 6) is -1.22. The summed E-state index contributed by atoms with van der Waals surface area (Å²) >= 11 is 8.95. The molecule has 3 nitrogen and oxygen atoms in total. The molecular formula is C5H7K2NO2S2. The molecule has 0 amide bonds. The van der Waals surface area contributed by atoms with E-state index >= 15 is 0 Å². The minimum Gasteiger partial charge on any atom is -0.548 e. The van der Waals surface area contributed by atoms with Crippen LogP contribution in [0.5, 0.6) is 0 Å². The molecule has 0 bridgehead atoms. The Balaban J connectivity index is -0.000000405. The number of carboxylic acid groups (broad SMARTS) is 1. The van der Waals surface area contributed by atoms with Crippen LogP contribution in [0.4, 0.5) is 0 Å². The van der Waals surface area contributed by atoms with Crippen molar-refractivity contribution in [1.29, 1.82) is 0 Å². The van der Waals surface area contributed by atoms with Gasteiger partial charge in [0.1, 0.15) is 0 Å². The van der Waals surface area contributed by atoms with E-state index in [1.807, 2.05) is 0 Å². The van der Waals surface area contributed by atoms with Crippen molar-refractivity contribution in [2.75, 3.05) is 0 Å². The third-order valence-electron chi connectivity index (χ3n) is 0.925. The van der Waals surface area contributed by atoms with Gasteiger partial charge in [-0.1, -0.05) is 4.32 Å². The Kier molecular flexibility index (Phi) is 15.4. The van der Waals surface area contributed by atoms with E-state index in [0.29, 0.717) is 0 Å². The first kappa shape index (κ1) is 20.3. The molecule has 0 radical (unpaired) electrons. The van der Waals surface area contributed by atoms with Gasteiger partial charge in [-0.15, -0.1) is 0 Å². The van der Waals surface area contributed by atoms with Gasteiger partial charge in [0.15, 0.2) is 0 Å². The van der Waals surface area contributed by atoms with Crippen LogP contribution in [-0.4, -0.2) is 15.8 Å². The first-order valence-electron chi connectivity index (χ1n) is 2.57. The van der Waals surface area contributed by atoms with Crippen LogP contribution in [0.1, 0.15) is 13.8 Å². The molecule has 0 aliphatic rings. The van der Waals surface area contributed by atoms with Crippen LogP contribution in [0.15, 0.2) is 0 Å². The number of carbonyl (C=O) groups is 1. The van der Waals surface area contributed by atoms with Gasteiger partial charge in [-0.25, -0.2) is 0 Å². The summed E-state index contributed by atoms with van der Waals surface area (Å²) in [7, 11) is 0. The van der Waals surface area contributed by atoms with Crippen molar-refractivity contribution in [2.45, 2.75) is 19.4 Å². The van der Waals surface area contributed by atoms with Crippen molar-refractivity contribution >= 4 is 35.1 Å². The van der Waals surface area contributed by atoms with Crippen LogP contribution in [0, 0.1) is 0 Å². The van der Waals surface area contributed by atoms with Gasteiger partial charge in [-0.05, 0) is 13.8 Å². The number of nitrogens with one attached hydrogen (secondary N) is 1. The number of hydrogen-bond acceptors (Lipinski definition) is 4. The van der Waals surface area contributed by atoms with Crippen LogP contribution in [-0.2, 0) is 17.4 Å². The van der Waals surface area contributed by atoms with E-state index in [9.17, 15) is 9.90 Å². The van der Waals surface area contributed by atoms with Crippen LogP contribution >= 0.6 is 12.2 Å². The zero-order chi connectivity index (χ0) is 8.36. The van der Waals surface area contributed by atoms with Crippen molar-refractivity contribution < 1.29 is 113 Å². The summed E-state index contributed by atoms with van der Waals surface area (Å²) < 4.78 is 0.0363. The normalized spacial score (nSPS) is 8.83. The van der Waals surface area contributed by atoms with Gasteiger partial charge in [0.2, 0.25) is 0 Å². The maximum Gasteiger partial charge on any atom is 1.00 e. The van der Waals surface area contributed by atoms with Gasteiger partial charge in [0.05, 0.1) is 11.5 Å². The second-order valence-electron chi connectivity index (χ2n) is 2.32. The number of carboxylic acids is 1. The van der Waals surface area contributed by atoms with E-state index in [2.05, 4.69) is 30.2 Å². The molecule has 0 aromatic heterocycles. The third kappa shape index (κ3) is 9.41. The van der Waals surface area contributed by atoms with E-state index in [4.69, 9.17) is 0 Å². The molecule has 0 atom stereocenters. The Labute approximate surface area is 168 Å². The predicted molar refractivity (Wildman–Crippen MR) is 42.2 cm³/mol. The van der Waals surface area contributed by atoms with Crippen molar-refractivity contribution in [2.24, 2.45) is 0 Å². The molecule has 0 spiro atoms. The average molecular weight is 255 g/mol. The standard InChI is InChI=1S/C5H9NO2S2.2K/c1-5(2,3(7)8)6-4(9)10;;/h1-2H3,(H,7,8)(H2,6,9,10);;/q;2*+1/p-2. The molecule has 0 aromatic rings. The summed E-state index contributed by atoms with van der Waals surface area (Å²) in [5, 5.41) is 12.7. The summed E-state index contributed by atoms with van der Waals surface area (Å²) in [6, 6.07) is 0. The summed E-state index contributed by atoms with van der Waals surface area (Å²) in [6.45, 7) is 2.86. The number of carbonyl (C=O) groups excluding carboxylic acids is 1. The van der Waals surface area contributed by atoms with Crippen LogP contribution < -0.4 is 113 Å². The van der Waals surface area contributed by atoms with Gasteiger partial charge in [0.25, 0.3) is 0 Å². The number of thiocarbonyl (C=S) groups is 1. The Bertz CT molecular complexity index is 175. The molecule has 0 saturated heterocycles. The molecule has 0 fully saturated rings. The minimum absolute atomic E-state index is 0. The molecule has 0 aliphatic heterocycles. The van der Waals surface area contributed by atoms with Gasteiger partial charge in [-0.2, -0.15) is 0 Å². The zero-order valence-corrected chi connectivity index (χ0v) is 15.5. The van der Waals surface area contributed by atoms with E-state index < -0.39 is 11.5 Å². The Morgan fingerprint density at radius 3 is 1.92 bits per heavy atom. The quantitative estimate of drug-likeness (QED) is 0.302. The SMILES string of the molecule is CC(C)(NC(=S)[S-])C(=O)[O-].[K+].[K+]. The maximum atomic E-state index is 10.3. The molecule has 0 aliphatic carbocycles. The minimum atomic E-state index is -1.22. The van der Waals surface area contributed by atoms with Crippen molar-refractivity contribution in [3.63, 3.8) is 0 Å². The molecule has 12 heavy (non-hydrogen) atoms. The van der Waals surface area contributed by atoms with Crippen LogP contribution in [0.25, 0.3) is 0 Å². The second-order valence-corrected chi connectivity index (χ2v) is 3.40. The number of hydrogen-bond donors (Lipinski definition) is 1. The Morgan fingerprint density at radius 1 is 1.50 bits per heavy atom. The molecule has 58 valence electrons. The molecule has 0 aromatic carbocycles. The third-order valence-corrected chi connectivity index (χ3v) is 1.13. The van der Waals surface area contributed by atoms with Crippen LogP contribution in [0.2, 0.25) is 0 Å². The smallest absolute Gasteiger partial charge is 0.548 e. The predicted octanol–water partition coefficient (Wildman–Crippen LogP) is -7.06. The average Bonchev–Trinajstić information content (AvgIpc) is 1.60. The van der Waals surface area contributed by atoms with Crippen LogP contribution in [0.3, 0.4) is 0 Å². The molecule has 0 rings (SSSR count). The summed E-state index contributed by atoms with van der Waals surface area (Å²) in [5.41, 5.74) is -1.17. The number of aliphatic carboxylic acids is 1. The molecular weight excluding hydrogens is 248 g/mol. The zero-order valence-electron chi connectivity index (χ0n) is 7.63. The molecule has 1 N–H and O–H groups in total. The van der Waals surface area contributed by atoms with E-state index in [1.54, 1.807) is 0 Å². The number of rotatable bonds is 2. The van der Waals surface area contributed by atoms with E-state index in [0.717, 1.165) is 0 Å². The monoisotopic (exact) mass is 255 g/mol. The van der Waals surface area contributed by atoms with Crippen molar-refractivity contribution in [3.05, 3.63) is 0 Å². The Morgan fingerprint density at radius 2 is 1.83 bits per heavy atom. The first-order valence-corrected chi connectivity index (χ1v) is 3.38. The first-order chi connectivity index (χ1) is 4.36. The van der Waals surface area contributed by atoms with Gasteiger partial charge >= 0.3 is 103 Å². The second kappa shape index (κ2) is 9.11. The summed E-state index contributed by atoms with van der Waals surface area (Å²) in [4.78, 5) is 10.3. The molecule has 0 saturated carbocycles. The fourth-order valence-electron chi connectivity index (χ4n) is 0.306. The summed E-state index contributed by atoms with van der Waals surface area (Å²) in [6.07, 6.45) is 0. The van der Waals surface area contributed by atoms with E-state index in [1.165, 1.54) is 13.8 Å². The van der Waals surface area contributed by atoms with Crippen molar-refractivity contribution in [3.8, 4) is 0 Å². The van der Waals surface area contributed by atoms with Gasteiger partial charge < -0.3 is 40.1 Å². The molecule has 0 unspecified atom stereocenters. The molecule has 0 heterocycles. The largest absolute Gasteiger partial charge is 1.00 e. The topological polar surface area (TPSA) is 52.2 Å². The maximum absolute atomic E-state index is 10.3. The fourth-order valence-corrected chi connectivity index (χ4v) is 0.816. The van der Waals surface area contributed by atoms with Gasteiger partial charge in [0, 0.05) is 0 Å².